The second kappa shape index (κ2) is 4.36. The van der Waals surface area contributed by atoms with Gasteiger partial charge in [0.2, 0.25) is 11.8 Å². The van der Waals surface area contributed by atoms with Crippen LogP contribution in [0.15, 0.2) is 12.1 Å². The van der Waals surface area contributed by atoms with Gasteiger partial charge in [-0.25, -0.2) is 0 Å². The molecule has 3 nitrogen and oxygen atoms in total. The van der Waals surface area contributed by atoms with Crippen molar-refractivity contribution in [3.05, 3.63) is 23.6 Å². The Balaban J connectivity index is 0.000001000. The summed E-state index contributed by atoms with van der Waals surface area (Å²) in [5.41, 5.74) is 0.0813. The average molecular weight is 246 g/mol. The topological polar surface area (TPSA) is 53.4 Å². The molecule has 0 spiro atoms. The smallest absolute Gasteiger partial charge is 0.221 e. The van der Waals surface area contributed by atoms with Crippen LogP contribution < -0.4 is 0 Å². The molecule has 1 aromatic rings. The molecule has 0 aliphatic carbocycles. The van der Waals surface area contributed by atoms with Crippen LogP contribution in [0.2, 0.25) is 0 Å². The molecule has 1 aromatic heterocycles. The predicted octanol–water partition coefficient (Wildman–Crippen LogP) is 0.416. The van der Waals surface area contributed by atoms with Gasteiger partial charge in [-0.3, -0.25) is 0 Å². The van der Waals surface area contributed by atoms with Crippen LogP contribution in [0.25, 0.3) is 0 Å². The molecule has 1 heterocycles. The SMILES string of the molecule is OCc1ccc(O)nc1F.[Rh]. The summed E-state index contributed by atoms with van der Waals surface area (Å²) >= 11 is 0. The molecule has 2 N–H and O–H groups in total. The zero-order chi connectivity index (χ0) is 7.56. The number of aliphatic hydroxyl groups excluding tert-OH is 1. The van der Waals surface area contributed by atoms with Gasteiger partial charge in [0.15, 0.2) is 0 Å². The van der Waals surface area contributed by atoms with E-state index in [9.17, 15) is 4.39 Å². The molecular weight excluding hydrogens is 240 g/mol. The third-order valence-corrected chi connectivity index (χ3v) is 1.08. The van der Waals surface area contributed by atoms with Crippen LogP contribution in [-0.4, -0.2) is 15.2 Å². The van der Waals surface area contributed by atoms with Crippen LogP contribution >= 0.6 is 0 Å². The zero-order valence-electron chi connectivity index (χ0n) is 5.41. The Kier molecular flexibility index (Phi) is 4.15. The van der Waals surface area contributed by atoms with Crippen molar-refractivity contribution in [3.8, 4) is 5.88 Å². The molecule has 0 aliphatic heterocycles. The second-order valence-electron chi connectivity index (χ2n) is 1.78. The molecule has 0 fully saturated rings. The molecule has 0 amide bonds. The van der Waals surface area contributed by atoms with Crippen molar-refractivity contribution >= 4 is 0 Å². The van der Waals surface area contributed by atoms with Crippen molar-refractivity contribution in [2.24, 2.45) is 0 Å². The van der Waals surface area contributed by atoms with Crippen LogP contribution in [0, 0.1) is 5.95 Å². The van der Waals surface area contributed by atoms with Crippen LogP contribution in [0.1, 0.15) is 5.56 Å². The Labute approximate surface area is 75.7 Å². The Hall–Kier alpha value is -0.537. The van der Waals surface area contributed by atoms with E-state index in [4.69, 9.17) is 10.2 Å². The minimum atomic E-state index is -0.831. The first kappa shape index (κ1) is 10.5. The number of rotatable bonds is 1. The molecule has 0 aromatic carbocycles. The number of nitrogens with zero attached hydrogens (tertiary/aromatic N) is 1. The number of halogens is 1. The van der Waals surface area contributed by atoms with Gasteiger partial charge >= 0.3 is 0 Å². The Bertz CT molecular complexity index is 244. The molecule has 1 radical (unpaired) electrons. The minimum absolute atomic E-state index is 0. The van der Waals surface area contributed by atoms with E-state index in [1.807, 2.05) is 0 Å². The molecule has 1 rings (SSSR count). The fraction of sp³-hybridized carbons (Fsp3) is 0.167. The van der Waals surface area contributed by atoms with E-state index in [2.05, 4.69) is 4.98 Å². The summed E-state index contributed by atoms with van der Waals surface area (Å²) in [6, 6.07) is 2.49. The quantitative estimate of drug-likeness (QED) is 0.557. The summed E-state index contributed by atoms with van der Waals surface area (Å²) in [6.07, 6.45) is 0. The van der Waals surface area contributed by atoms with Gasteiger partial charge in [0.25, 0.3) is 0 Å². The van der Waals surface area contributed by atoms with Crippen LogP contribution in [0.4, 0.5) is 4.39 Å². The van der Waals surface area contributed by atoms with Gasteiger partial charge in [0.1, 0.15) is 0 Å². The van der Waals surface area contributed by atoms with Crippen LogP contribution in [0.5, 0.6) is 5.88 Å². The third-order valence-electron chi connectivity index (χ3n) is 1.08. The zero-order valence-corrected chi connectivity index (χ0v) is 7.05. The van der Waals surface area contributed by atoms with Crippen molar-refractivity contribution in [1.29, 1.82) is 0 Å². The van der Waals surface area contributed by atoms with Crippen molar-refractivity contribution in [2.75, 3.05) is 0 Å². The number of pyridine rings is 1. The fourth-order valence-electron chi connectivity index (χ4n) is 0.571. The van der Waals surface area contributed by atoms with E-state index >= 15 is 0 Å². The summed E-state index contributed by atoms with van der Waals surface area (Å²) in [4.78, 5) is 3.07. The van der Waals surface area contributed by atoms with E-state index in [-0.39, 0.29) is 30.9 Å². The first-order chi connectivity index (χ1) is 4.74. The first-order valence-electron chi connectivity index (χ1n) is 2.69. The van der Waals surface area contributed by atoms with Gasteiger partial charge in [-0.15, -0.1) is 0 Å². The van der Waals surface area contributed by atoms with E-state index in [1.54, 1.807) is 0 Å². The summed E-state index contributed by atoms with van der Waals surface area (Å²) in [5, 5.41) is 17.0. The molecule has 63 valence electrons. The molecule has 0 saturated heterocycles. The summed E-state index contributed by atoms with van der Waals surface area (Å²) < 4.78 is 12.4. The van der Waals surface area contributed by atoms with Gasteiger partial charge in [-0.1, -0.05) is 0 Å². The fourth-order valence-corrected chi connectivity index (χ4v) is 0.571. The van der Waals surface area contributed by atoms with Gasteiger partial charge < -0.3 is 10.2 Å². The standard InChI is InChI=1S/C6H6FNO2.Rh/c7-6-4(3-9)1-2-5(10)8-6;/h1-2,9H,3H2,(H,8,10);. The number of aliphatic hydroxyl groups is 1. The largest absolute Gasteiger partial charge is 0.493 e. The van der Waals surface area contributed by atoms with Gasteiger partial charge in [0.05, 0.1) is 6.61 Å². The third kappa shape index (κ3) is 2.52. The maximum atomic E-state index is 12.4. The Morgan fingerprint density at radius 2 is 2.09 bits per heavy atom. The molecule has 11 heavy (non-hydrogen) atoms. The van der Waals surface area contributed by atoms with E-state index in [1.165, 1.54) is 12.1 Å². The van der Waals surface area contributed by atoms with Crippen molar-refractivity contribution in [3.63, 3.8) is 0 Å². The molecule has 5 heteroatoms. The Morgan fingerprint density at radius 1 is 1.45 bits per heavy atom. The second-order valence-corrected chi connectivity index (χ2v) is 1.78. The van der Waals surface area contributed by atoms with Gasteiger partial charge in [0, 0.05) is 31.1 Å². The molecule has 0 unspecified atom stereocenters. The predicted molar refractivity (Wildman–Crippen MR) is 31.8 cm³/mol. The van der Waals surface area contributed by atoms with Crippen molar-refractivity contribution in [1.82, 2.24) is 4.98 Å². The molecule has 0 saturated carbocycles. The van der Waals surface area contributed by atoms with Crippen molar-refractivity contribution < 1.29 is 34.1 Å². The van der Waals surface area contributed by atoms with Crippen LogP contribution in [-0.2, 0) is 26.1 Å². The average Bonchev–Trinajstić information content (AvgIpc) is 1.88. The summed E-state index contributed by atoms with van der Waals surface area (Å²) in [7, 11) is 0. The van der Waals surface area contributed by atoms with Crippen molar-refractivity contribution in [2.45, 2.75) is 6.61 Å². The summed E-state index contributed by atoms with van der Waals surface area (Å²) in [6.45, 7) is -0.404. The maximum Gasteiger partial charge on any atom is 0.221 e. The minimum Gasteiger partial charge on any atom is -0.493 e. The summed E-state index contributed by atoms with van der Waals surface area (Å²) in [5.74, 6) is -1.21. The number of aromatic hydroxyl groups is 1. The number of aromatic nitrogens is 1. The van der Waals surface area contributed by atoms with E-state index < -0.39 is 12.6 Å². The molecular formula is C6H6FNO2Rh. The van der Waals surface area contributed by atoms with Gasteiger partial charge in [-0.2, -0.15) is 9.37 Å². The Morgan fingerprint density at radius 3 is 2.55 bits per heavy atom. The van der Waals surface area contributed by atoms with Gasteiger partial charge in [-0.05, 0) is 6.07 Å². The monoisotopic (exact) mass is 246 g/mol. The normalized spacial score (nSPS) is 8.91. The molecule has 0 atom stereocenters. The van der Waals surface area contributed by atoms with E-state index in [0.29, 0.717) is 0 Å². The molecule has 0 bridgehead atoms. The number of hydrogen-bond acceptors (Lipinski definition) is 3. The number of hydrogen-bond donors (Lipinski definition) is 2. The van der Waals surface area contributed by atoms with Crippen LogP contribution in [0.3, 0.4) is 0 Å². The molecule has 0 aliphatic rings. The maximum absolute atomic E-state index is 12.4. The first-order valence-corrected chi connectivity index (χ1v) is 2.69. The van der Waals surface area contributed by atoms with E-state index in [0.717, 1.165) is 0 Å².